The Hall–Kier alpha value is -1.97. The SMILES string of the molecule is C=C(C)n1c(=O)n(Cc2ccc(Cl)c(Cl)c2)c2cc(C)c(C)cc21. The van der Waals surface area contributed by atoms with Gasteiger partial charge in [0, 0.05) is 5.70 Å². The minimum atomic E-state index is -0.103. The maximum atomic E-state index is 12.9. The maximum absolute atomic E-state index is 12.9. The molecule has 0 amide bonds. The summed E-state index contributed by atoms with van der Waals surface area (Å²) in [6.07, 6.45) is 0. The fourth-order valence-corrected chi connectivity index (χ4v) is 3.17. The van der Waals surface area contributed by atoms with Crippen LogP contribution < -0.4 is 5.69 Å². The van der Waals surface area contributed by atoms with Gasteiger partial charge in [0.1, 0.15) is 0 Å². The second-order valence-electron chi connectivity index (χ2n) is 6.11. The van der Waals surface area contributed by atoms with Crippen LogP contribution in [0.25, 0.3) is 16.7 Å². The highest BCUT2D eigenvalue weighted by molar-refractivity contribution is 6.42. The molecule has 3 nitrogen and oxygen atoms in total. The van der Waals surface area contributed by atoms with Gasteiger partial charge in [0.05, 0.1) is 27.6 Å². The summed E-state index contributed by atoms with van der Waals surface area (Å²) in [5.41, 5.74) is 5.56. The molecule has 0 saturated carbocycles. The minimum absolute atomic E-state index is 0.103. The van der Waals surface area contributed by atoms with Crippen molar-refractivity contribution in [2.24, 2.45) is 0 Å². The van der Waals surface area contributed by atoms with E-state index in [9.17, 15) is 4.79 Å². The second-order valence-corrected chi connectivity index (χ2v) is 6.93. The molecule has 0 aliphatic rings. The van der Waals surface area contributed by atoms with Gasteiger partial charge in [-0.3, -0.25) is 9.13 Å². The highest BCUT2D eigenvalue weighted by atomic mass is 35.5. The van der Waals surface area contributed by atoms with E-state index in [-0.39, 0.29) is 5.69 Å². The molecule has 0 aliphatic heterocycles. The van der Waals surface area contributed by atoms with Crippen LogP contribution in [0.4, 0.5) is 0 Å². The number of aryl methyl sites for hydroxylation is 2. The van der Waals surface area contributed by atoms with Gasteiger partial charge in [0.15, 0.2) is 0 Å². The molecule has 2 aromatic carbocycles. The topological polar surface area (TPSA) is 26.9 Å². The van der Waals surface area contributed by atoms with E-state index in [1.54, 1.807) is 21.3 Å². The summed E-state index contributed by atoms with van der Waals surface area (Å²) in [5, 5.41) is 0.987. The molecule has 0 spiro atoms. The number of aromatic nitrogens is 2. The first-order valence-electron chi connectivity index (χ1n) is 7.62. The van der Waals surface area contributed by atoms with Crippen LogP contribution in [0.3, 0.4) is 0 Å². The predicted octanol–water partition coefficient (Wildman–Crippen LogP) is 5.27. The third kappa shape index (κ3) is 2.79. The molecule has 3 rings (SSSR count). The van der Waals surface area contributed by atoms with Gasteiger partial charge in [-0.05, 0) is 61.7 Å². The van der Waals surface area contributed by atoms with Crippen molar-refractivity contribution >= 4 is 39.9 Å². The fourth-order valence-electron chi connectivity index (χ4n) is 2.85. The Balaban J connectivity index is 2.25. The van der Waals surface area contributed by atoms with Crippen LogP contribution in [0.1, 0.15) is 23.6 Å². The Morgan fingerprint density at radius 3 is 2.25 bits per heavy atom. The Morgan fingerprint density at radius 2 is 1.67 bits per heavy atom. The van der Waals surface area contributed by atoms with Crippen molar-refractivity contribution in [1.82, 2.24) is 9.13 Å². The van der Waals surface area contributed by atoms with E-state index in [0.717, 1.165) is 27.7 Å². The molecular formula is C19H18Cl2N2O. The van der Waals surface area contributed by atoms with Crippen molar-refractivity contribution in [2.75, 3.05) is 0 Å². The van der Waals surface area contributed by atoms with E-state index >= 15 is 0 Å². The average molecular weight is 361 g/mol. The van der Waals surface area contributed by atoms with Crippen molar-refractivity contribution in [1.29, 1.82) is 0 Å². The molecule has 1 heterocycles. The predicted molar refractivity (Wildman–Crippen MR) is 102 cm³/mol. The van der Waals surface area contributed by atoms with Gasteiger partial charge >= 0.3 is 5.69 Å². The van der Waals surface area contributed by atoms with E-state index in [2.05, 4.69) is 6.58 Å². The summed E-state index contributed by atoms with van der Waals surface area (Å²) in [6.45, 7) is 10.3. The van der Waals surface area contributed by atoms with Gasteiger partial charge in [-0.2, -0.15) is 0 Å². The Morgan fingerprint density at radius 1 is 1.04 bits per heavy atom. The standard InChI is InChI=1S/C19H18Cl2N2O/c1-11(2)23-18-8-13(4)12(3)7-17(18)22(19(23)24)10-14-5-6-15(20)16(21)9-14/h5-9H,1,10H2,2-4H3. The van der Waals surface area contributed by atoms with Crippen molar-refractivity contribution < 1.29 is 0 Å². The first kappa shape index (κ1) is 16.9. The van der Waals surface area contributed by atoms with Crippen LogP contribution in [0.2, 0.25) is 10.0 Å². The molecule has 0 bridgehead atoms. The average Bonchev–Trinajstić information content (AvgIpc) is 2.76. The number of hydrogen-bond donors (Lipinski definition) is 0. The first-order valence-corrected chi connectivity index (χ1v) is 8.37. The number of fused-ring (bicyclic) bond motifs is 1. The third-order valence-corrected chi connectivity index (χ3v) is 4.99. The van der Waals surface area contributed by atoms with Gasteiger partial charge in [-0.15, -0.1) is 0 Å². The summed E-state index contributed by atoms with van der Waals surface area (Å²) in [7, 11) is 0. The van der Waals surface area contributed by atoms with Gasteiger partial charge < -0.3 is 0 Å². The zero-order valence-corrected chi connectivity index (χ0v) is 15.4. The zero-order chi connectivity index (χ0) is 17.6. The summed E-state index contributed by atoms with van der Waals surface area (Å²) in [5.74, 6) is 0. The molecule has 0 aliphatic carbocycles. The number of halogens is 2. The van der Waals surface area contributed by atoms with Gasteiger partial charge in [0.2, 0.25) is 0 Å². The Bertz CT molecular complexity index is 1030. The Labute approximate surface area is 150 Å². The molecule has 1 aromatic heterocycles. The number of benzene rings is 2. The van der Waals surface area contributed by atoms with Crippen molar-refractivity contribution in [3.05, 3.63) is 74.1 Å². The molecule has 0 unspecified atom stereocenters. The largest absolute Gasteiger partial charge is 0.333 e. The lowest BCUT2D eigenvalue weighted by Crippen LogP contribution is -2.23. The van der Waals surface area contributed by atoms with E-state index in [0.29, 0.717) is 22.3 Å². The highest BCUT2D eigenvalue weighted by Crippen LogP contribution is 2.25. The number of nitrogens with zero attached hydrogens (tertiary/aromatic N) is 2. The quantitative estimate of drug-likeness (QED) is 0.625. The number of rotatable bonds is 3. The van der Waals surface area contributed by atoms with Crippen LogP contribution in [-0.2, 0) is 6.54 Å². The van der Waals surface area contributed by atoms with Gasteiger partial charge in [0.25, 0.3) is 0 Å². The van der Waals surface area contributed by atoms with Crippen molar-refractivity contribution in [3.63, 3.8) is 0 Å². The van der Waals surface area contributed by atoms with E-state index in [1.807, 2.05) is 39.0 Å². The van der Waals surface area contributed by atoms with Gasteiger partial charge in [-0.1, -0.05) is 35.8 Å². The molecule has 5 heteroatoms. The lowest BCUT2D eigenvalue weighted by atomic mass is 10.1. The van der Waals surface area contributed by atoms with Crippen LogP contribution in [0.5, 0.6) is 0 Å². The lowest BCUT2D eigenvalue weighted by Gasteiger charge is -2.06. The second kappa shape index (κ2) is 6.15. The smallest absolute Gasteiger partial charge is 0.287 e. The van der Waals surface area contributed by atoms with Crippen molar-refractivity contribution in [2.45, 2.75) is 27.3 Å². The Kier molecular flexibility index (Phi) is 4.33. The summed E-state index contributed by atoms with van der Waals surface area (Å²) < 4.78 is 3.40. The molecule has 24 heavy (non-hydrogen) atoms. The zero-order valence-electron chi connectivity index (χ0n) is 13.9. The van der Waals surface area contributed by atoms with Crippen LogP contribution in [0, 0.1) is 13.8 Å². The summed E-state index contributed by atoms with van der Waals surface area (Å²) >= 11 is 12.1. The molecule has 0 fully saturated rings. The van der Waals surface area contributed by atoms with Crippen LogP contribution in [-0.4, -0.2) is 9.13 Å². The normalized spacial score (nSPS) is 11.2. The molecule has 0 radical (unpaired) electrons. The van der Waals surface area contributed by atoms with Crippen LogP contribution >= 0.6 is 23.2 Å². The molecular weight excluding hydrogens is 343 g/mol. The number of imidazole rings is 1. The van der Waals surface area contributed by atoms with E-state index < -0.39 is 0 Å². The first-order chi connectivity index (χ1) is 11.3. The number of hydrogen-bond acceptors (Lipinski definition) is 1. The molecule has 3 aromatic rings. The molecule has 0 atom stereocenters. The molecule has 124 valence electrons. The van der Waals surface area contributed by atoms with Gasteiger partial charge in [-0.25, -0.2) is 4.79 Å². The summed E-state index contributed by atoms with van der Waals surface area (Å²) in [4.78, 5) is 12.9. The lowest BCUT2D eigenvalue weighted by molar-refractivity contribution is 0.766. The monoisotopic (exact) mass is 360 g/mol. The third-order valence-electron chi connectivity index (χ3n) is 4.25. The molecule has 0 N–H and O–H groups in total. The number of allylic oxidation sites excluding steroid dienone is 1. The minimum Gasteiger partial charge on any atom is -0.287 e. The maximum Gasteiger partial charge on any atom is 0.333 e. The van der Waals surface area contributed by atoms with Crippen molar-refractivity contribution in [3.8, 4) is 0 Å². The molecule has 0 saturated heterocycles. The van der Waals surface area contributed by atoms with E-state index in [4.69, 9.17) is 23.2 Å². The van der Waals surface area contributed by atoms with Crippen LogP contribution in [0.15, 0.2) is 41.7 Å². The van der Waals surface area contributed by atoms with E-state index in [1.165, 1.54) is 0 Å². The highest BCUT2D eigenvalue weighted by Gasteiger charge is 2.15. The fraction of sp³-hybridized carbons (Fsp3) is 0.211. The summed E-state index contributed by atoms with van der Waals surface area (Å²) in [6, 6.07) is 9.50.